The Bertz CT molecular complexity index is 799. The van der Waals surface area contributed by atoms with Gasteiger partial charge in [-0.1, -0.05) is 24.3 Å². The van der Waals surface area contributed by atoms with Crippen molar-refractivity contribution >= 4 is 11.8 Å². The minimum atomic E-state index is -0.903. The number of benzene rings is 2. The van der Waals surface area contributed by atoms with Gasteiger partial charge in [-0.25, -0.2) is 4.39 Å². The molecule has 2 aromatic carbocycles. The quantitative estimate of drug-likeness (QED) is 0.841. The summed E-state index contributed by atoms with van der Waals surface area (Å²) < 4.78 is 13.1. The van der Waals surface area contributed by atoms with Gasteiger partial charge in [-0.3, -0.25) is 9.59 Å². The fourth-order valence-corrected chi connectivity index (χ4v) is 2.30. The molecule has 6 heteroatoms. The van der Waals surface area contributed by atoms with E-state index in [1.165, 1.54) is 18.2 Å². The average molecular weight is 325 g/mol. The van der Waals surface area contributed by atoms with Gasteiger partial charge in [0.05, 0.1) is 18.1 Å². The van der Waals surface area contributed by atoms with Crippen LogP contribution in [-0.4, -0.2) is 17.9 Å². The predicted octanol–water partition coefficient (Wildman–Crippen LogP) is 1.45. The van der Waals surface area contributed by atoms with E-state index >= 15 is 0 Å². The van der Waals surface area contributed by atoms with Crippen molar-refractivity contribution in [2.24, 2.45) is 5.73 Å². The van der Waals surface area contributed by atoms with E-state index in [-0.39, 0.29) is 12.8 Å². The third-order valence-corrected chi connectivity index (χ3v) is 3.43. The Balaban J connectivity index is 2.04. The molecular weight excluding hydrogens is 309 g/mol. The molecule has 0 unspecified atom stereocenters. The SMILES string of the molecule is N#Cc1cccc(C[C@@H](NC(=O)Cc2cccc(F)c2)C(N)=O)c1. The second-order valence-electron chi connectivity index (χ2n) is 5.35. The third-order valence-electron chi connectivity index (χ3n) is 3.43. The van der Waals surface area contributed by atoms with Crippen LogP contribution in [0.2, 0.25) is 0 Å². The highest BCUT2D eigenvalue weighted by Crippen LogP contribution is 2.08. The van der Waals surface area contributed by atoms with Crippen LogP contribution in [0.4, 0.5) is 4.39 Å². The molecule has 122 valence electrons. The van der Waals surface area contributed by atoms with Gasteiger partial charge in [0.1, 0.15) is 11.9 Å². The molecule has 3 N–H and O–H groups in total. The van der Waals surface area contributed by atoms with Crippen molar-refractivity contribution in [2.45, 2.75) is 18.9 Å². The summed E-state index contributed by atoms with van der Waals surface area (Å²) in [7, 11) is 0. The maximum Gasteiger partial charge on any atom is 0.240 e. The number of hydrogen-bond donors (Lipinski definition) is 2. The molecular formula is C18H16FN3O2. The lowest BCUT2D eigenvalue weighted by molar-refractivity contribution is -0.127. The minimum Gasteiger partial charge on any atom is -0.368 e. The number of rotatable bonds is 6. The monoisotopic (exact) mass is 325 g/mol. The van der Waals surface area contributed by atoms with E-state index in [1.807, 2.05) is 6.07 Å². The van der Waals surface area contributed by atoms with Gasteiger partial charge in [-0.15, -0.1) is 0 Å². The molecule has 0 saturated carbocycles. The number of hydrogen-bond acceptors (Lipinski definition) is 3. The molecule has 0 fully saturated rings. The van der Waals surface area contributed by atoms with Crippen LogP contribution in [0.1, 0.15) is 16.7 Å². The van der Waals surface area contributed by atoms with Crippen molar-refractivity contribution in [1.82, 2.24) is 5.32 Å². The van der Waals surface area contributed by atoms with Gasteiger partial charge >= 0.3 is 0 Å². The highest BCUT2D eigenvalue weighted by atomic mass is 19.1. The number of carbonyl (C=O) groups excluding carboxylic acids is 2. The van der Waals surface area contributed by atoms with Gasteiger partial charge in [0, 0.05) is 6.42 Å². The van der Waals surface area contributed by atoms with Crippen LogP contribution in [0, 0.1) is 17.1 Å². The number of carbonyl (C=O) groups is 2. The lowest BCUT2D eigenvalue weighted by atomic mass is 10.0. The first-order valence-electron chi connectivity index (χ1n) is 7.30. The van der Waals surface area contributed by atoms with E-state index in [0.29, 0.717) is 16.7 Å². The zero-order chi connectivity index (χ0) is 17.5. The van der Waals surface area contributed by atoms with E-state index in [1.54, 1.807) is 30.3 Å². The molecule has 0 saturated heterocycles. The molecule has 1 atom stereocenters. The zero-order valence-electron chi connectivity index (χ0n) is 12.8. The molecule has 24 heavy (non-hydrogen) atoms. The second-order valence-corrected chi connectivity index (χ2v) is 5.35. The number of primary amides is 1. The van der Waals surface area contributed by atoms with Gasteiger partial charge in [-0.2, -0.15) is 5.26 Å². The summed E-state index contributed by atoms with van der Waals surface area (Å²) in [6, 6.07) is 13.5. The molecule has 0 aliphatic rings. The van der Waals surface area contributed by atoms with E-state index in [9.17, 15) is 14.0 Å². The zero-order valence-corrected chi connectivity index (χ0v) is 12.8. The summed E-state index contributed by atoms with van der Waals surface area (Å²) >= 11 is 0. The summed E-state index contributed by atoms with van der Waals surface area (Å²) in [6.07, 6.45) is 0.125. The highest BCUT2D eigenvalue weighted by molar-refractivity contribution is 5.87. The number of amides is 2. The molecule has 0 bridgehead atoms. The number of nitrogens with two attached hydrogens (primary N) is 1. The van der Waals surface area contributed by atoms with Crippen LogP contribution in [0.3, 0.4) is 0 Å². The van der Waals surface area contributed by atoms with Crippen LogP contribution < -0.4 is 11.1 Å². The Morgan fingerprint density at radius 1 is 1.17 bits per heavy atom. The molecule has 2 amide bonds. The molecule has 0 radical (unpaired) electrons. The summed E-state index contributed by atoms with van der Waals surface area (Å²) in [6.45, 7) is 0. The van der Waals surface area contributed by atoms with E-state index in [2.05, 4.69) is 5.32 Å². The normalized spacial score (nSPS) is 11.3. The fourth-order valence-electron chi connectivity index (χ4n) is 2.30. The maximum absolute atomic E-state index is 13.1. The summed E-state index contributed by atoms with van der Waals surface area (Å²) in [5, 5.41) is 11.4. The first-order chi connectivity index (χ1) is 11.5. The Morgan fingerprint density at radius 3 is 2.54 bits per heavy atom. The Labute approximate surface area is 138 Å². The Kier molecular flexibility index (Phi) is 5.63. The lowest BCUT2D eigenvalue weighted by Crippen LogP contribution is -2.46. The van der Waals surface area contributed by atoms with Crippen molar-refractivity contribution in [3.63, 3.8) is 0 Å². The molecule has 5 nitrogen and oxygen atoms in total. The van der Waals surface area contributed by atoms with Crippen LogP contribution >= 0.6 is 0 Å². The largest absolute Gasteiger partial charge is 0.368 e. The molecule has 2 rings (SSSR count). The summed E-state index contributed by atoms with van der Waals surface area (Å²) in [5.74, 6) is -1.54. The Morgan fingerprint density at radius 2 is 1.88 bits per heavy atom. The molecule has 0 aliphatic carbocycles. The molecule has 0 aromatic heterocycles. The van der Waals surface area contributed by atoms with E-state index in [0.717, 1.165) is 0 Å². The summed E-state index contributed by atoms with van der Waals surface area (Å²) in [4.78, 5) is 23.6. The Hall–Kier alpha value is -3.20. The first kappa shape index (κ1) is 17.2. The fraction of sp³-hybridized carbons (Fsp3) is 0.167. The van der Waals surface area contributed by atoms with Crippen LogP contribution in [-0.2, 0) is 22.4 Å². The van der Waals surface area contributed by atoms with Gasteiger partial charge in [0.2, 0.25) is 11.8 Å². The van der Waals surface area contributed by atoms with Gasteiger partial charge in [-0.05, 0) is 35.4 Å². The molecule has 0 aliphatic heterocycles. The van der Waals surface area contributed by atoms with Crippen LogP contribution in [0.25, 0.3) is 0 Å². The van der Waals surface area contributed by atoms with E-state index < -0.39 is 23.7 Å². The van der Waals surface area contributed by atoms with Gasteiger partial charge in [0.15, 0.2) is 0 Å². The van der Waals surface area contributed by atoms with Crippen LogP contribution in [0.15, 0.2) is 48.5 Å². The van der Waals surface area contributed by atoms with Crippen LogP contribution in [0.5, 0.6) is 0 Å². The average Bonchev–Trinajstić information content (AvgIpc) is 2.54. The van der Waals surface area contributed by atoms with Crippen molar-refractivity contribution in [2.75, 3.05) is 0 Å². The molecule has 0 heterocycles. The van der Waals surface area contributed by atoms with Crippen molar-refractivity contribution in [3.8, 4) is 6.07 Å². The minimum absolute atomic E-state index is 0.0558. The predicted molar refractivity (Wildman–Crippen MR) is 86.1 cm³/mol. The van der Waals surface area contributed by atoms with E-state index in [4.69, 9.17) is 11.0 Å². The number of halogens is 1. The van der Waals surface area contributed by atoms with Gasteiger partial charge in [0.25, 0.3) is 0 Å². The standard InChI is InChI=1S/C18H16FN3O2/c19-15-6-2-4-13(8-15)10-17(23)22-16(18(21)24)9-12-3-1-5-14(7-12)11-20/h1-8,16H,9-10H2,(H2,21,24)(H,22,23)/t16-/m1/s1. The topological polar surface area (TPSA) is 96.0 Å². The van der Waals surface area contributed by atoms with Gasteiger partial charge < -0.3 is 11.1 Å². The maximum atomic E-state index is 13.1. The third kappa shape index (κ3) is 4.92. The van der Waals surface area contributed by atoms with Crippen molar-refractivity contribution < 1.29 is 14.0 Å². The smallest absolute Gasteiger partial charge is 0.240 e. The molecule has 2 aromatic rings. The first-order valence-corrected chi connectivity index (χ1v) is 7.30. The number of nitrogens with zero attached hydrogens (tertiary/aromatic N) is 1. The molecule has 0 spiro atoms. The van der Waals surface area contributed by atoms with Crippen molar-refractivity contribution in [3.05, 3.63) is 71.0 Å². The second kappa shape index (κ2) is 7.88. The van der Waals surface area contributed by atoms with Crippen molar-refractivity contribution in [1.29, 1.82) is 5.26 Å². The highest BCUT2D eigenvalue weighted by Gasteiger charge is 2.19. The number of nitrogens with one attached hydrogen (secondary N) is 1. The lowest BCUT2D eigenvalue weighted by Gasteiger charge is -2.16. The summed E-state index contributed by atoms with van der Waals surface area (Å²) in [5.41, 5.74) is 7.02. The number of nitriles is 1.